The summed E-state index contributed by atoms with van der Waals surface area (Å²) in [7, 11) is 0. The quantitative estimate of drug-likeness (QED) is 0.362. The summed E-state index contributed by atoms with van der Waals surface area (Å²) in [5, 5.41) is 1.69. The number of amides is 2. The Morgan fingerprint density at radius 3 is 2.24 bits per heavy atom. The summed E-state index contributed by atoms with van der Waals surface area (Å²) in [4.78, 5) is 35.0. The number of carbonyl (C=O) groups is 2. The molecule has 2 heterocycles. The van der Waals surface area contributed by atoms with Gasteiger partial charge in [-0.1, -0.05) is 50.2 Å². The van der Waals surface area contributed by atoms with Gasteiger partial charge in [-0.15, -0.1) is 0 Å². The molecule has 0 saturated carbocycles. The lowest BCUT2D eigenvalue weighted by atomic mass is 9.90. The van der Waals surface area contributed by atoms with Crippen LogP contribution in [0.25, 0.3) is 0 Å². The van der Waals surface area contributed by atoms with E-state index in [1.54, 1.807) is 5.06 Å². The third kappa shape index (κ3) is 4.55. The Kier molecular flexibility index (Phi) is 7.15. The van der Waals surface area contributed by atoms with Crippen LogP contribution >= 0.6 is 0 Å². The van der Waals surface area contributed by atoms with Gasteiger partial charge in [0.05, 0.1) is 30.6 Å². The average Bonchev–Trinajstić information content (AvgIpc) is 3.44. The first kappa shape index (κ1) is 24.8. The molecule has 0 bridgehead atoms. The van der Waals surface area contributed by atoms with Crippen molar-refractivity contribution in [3.8, 4) is 11.5 Å². The van der Waals surface area contributed by atoms with E-state index >= 15 is 0 Å². The summed E-state index contributed by atoms with van der Waals surface area (Å²) >= 11 is 0. The van der Waals surface area contributed by atoms with Crippen LogP contribution in [-0.2, 0) is 20.8 Å². The first-order chi connectivity index (χ1) is 18.1. The molecule has 0 aliphatic carbocycles. The highest BCUT2D eigenvalue weighted by Gasteiger charge is 2.60. The van der Waals surface area contributed by atoms with E-state index in [0.29, 0.717) is 30.4 Å². The van der Waals surface area contributed by atoms with Crippen molar-refractivity contribution in [3.05, 3.63) is 83.9 Å². The molecular weight excluding hydrogens is 468 g/mol. The molecule has 37 heavy (non-hydrogen) atoms. The minimum absolute atomic E-state index is 0.271. The van der Waals surface area contributed by atoms with E-state index in [9.17, 15) is 9.59 Å². The molecule has 2 fully saturated rings. The third-order valence-electron chi connectivity index (χ3n) is 6.80. The lowest BCUT2D eigenvalue weighted by Gasteiger charge is -2.29. The van der Waals surface area contributed by atoms with Crippen molar-refractivity contribution >= 4 is 23.2 Å². The van der Waals surface area contributed by atoms with E-state index in [0.717, 1.165) is 29.7 Å². The van der Waals surface area contributed by atoms with Crippen LogP contribution in [0.15, 0.2) is 72.8 Å². The van der Waals surface area contributed by atoms with Gasteiger partial charge >= 0.3 is 0 Å². The molecule has 7 heteroatoms. The topological polar surface area (TPSA) is 68.3 Å². The minimum atomic E-state index is -0.921. The second kappa shape index (κ2) is 10.6. The Morgan fingerprint density at radius 1 is 0.811 bits per heavy atom. The molecule has 2 aliphatic rings. The first-order valence-electron chi connectivity index (χ1n) is 12.9. The number of hydrogen-bond acceptors (Lipinski definition) is 6. The van der Waals surface area contributed by atoms with Gasteiger partial charge in [0, 0.05) is 0 Å². The van der Waals surface area contributed by atoms with E-state index in [-0.39, 0.29) is 11.8 Å². The van der Waals surface area contributed by atoms with Crippen LogP contribution in [0.3, 0.4) is 0 Å². The first-order valence-corrected chi connectivity index (χ1v) is 12.9. The predicted molar refractivity (Wildman–Crippen MR) is 142 cm³/mol. The smallest absolute Gasteiger partial charge is 0.266 e. The molecule has 2 amide bonds. The zero-order valence-electron chi connectivity index (χ0n) is 21.4. The largest absolute Gasteiger partial charge is 0.490 e. The summed E-state index contributed by atoms with van der Waals surface area (Å²) < 4.78 is 11.8. The molecule has 2 aliphatic heterocycles. The predicted octanol–water partition coefficient (Wildman–Crippen LogP) is 5.49. The highest BCUT2D eigenvalue weighted by atomic mass is 16.7. The zero-order chi connectivity index (χ0) is 25.9. The summed E-state index contributed by atoms with van der Waals surface area (Å²) in [6.45, 7) is 7.08. The fraction of sp³-hybridized carbons (Fsp3) is 0.333. The zero-order valence-corrected chi connectivity index (χ0v) is 21.4. The van der Waals surface area contributed by atoms with Crippen molar-refractivity contribution in [1.29, 1.82) is 0 Å². The second-order valence-electron chi connectivity index (χ2n) is 9.18. The Hall–Kier alpha value is -3.84. The van der Waals surface area contributed by atoms with E-state index in [2.05, 4.69) is 6.92 Å². The number of para-hydroxylation sites is 1. The highest BCUT2D eigenvalue weighted by molar-refractivity contribution is 6.23. The number of ether oxygens (including phenoxy) is 2. The average molecular weight is 501 g/mol. The Morgan fingerprint density at radius 2 is 1.57 bits per heavy atom. The van der Waals surface area contributed by atoms with E-state index < -0.39 is 18.1 Å². The van der Waals surface area contributed by atoms with Crippen molar-refractivity contribution in [3.63, 3.8) is 0 Å². The second-order valence-corrected chi connectivity index (χ2v) is 9.18. The number of hydrogen-bond donors (Lipinski definition) is 0. The van der Waals surface area contributed by atoms with Crippen LogP contribution in [0.2, 0.25) is 0 Å². The fourth-order valence-corrected chi connectivity index (χ4v) is 5.00. The summed E-state index contributed by atoms with van der Waals surface area (Å²) in [6.07, 6.45) is 0.835. The molecule has 5 rings (SSSR count). The van der Waals surface area contributed by atoms with Gasteiger partial charge in [0.2, 0.25) is 5.91 Å². The van der Waals surface area contributed by atoms with Crippen molar-refractivity contribution in [2.45, 2.75) is 45.8 Å². The van der Waals surface area contributed by atoms with Gasteiger partial charge in [-0.05, 0) is 67.3 Å². The molecule has 3 atom stereocenters. The van der Waals surface area contributed by atoms with Crippen LogP contribution in [-0.4, -0.2) is 31.1 Å². The van der Waals surface area contributed by atoms with Gasteiger partial charge in [0.25, 0.3) is 5.91 Å². The Balaban J connectivity index is 1.56. The molecular formula is C30H32N2O5. The van der Waals surface area contributed by atoms with Crippen molar-refractivity contribution in [2.24, 2.45) is 5.92 Å². The number of imide groups is 1. The number of benzene rings is 3. The van der Waals surface area contributed by atoms with Crippen LogP contribution < -0.4 is 19.4 Å². The maximum Gasteiger partial charge on any atom is 0.266 e. The molecule has 0 aromatic heterocycles. The van der Waals surface area contributed by atoms with Gasteiger partial charge in [0.1, 0.15) is 5.92 Å². The minimum Gasteiger partial charge on any atom is -0.490 e. The van der Waals surface area contributed by atoms with Gasteiger partial charge in [-0.3, -0.25) is 14.4 Å². The van der Waals surface area contributed by atoms with E-state index in [1.807, 2.05) is 86.6 Å². The summed E-state index contributed by atoms with van der Waals surface area (Å²) in [5.74, 6) is -0.0765. The van der Waals surface area contributed by atoms with Crippen LogP contribution in [0.1, 0.15) is 44.4 Å². The van der Waals surface area contributed by atoms with E-state index in [1.165, 1.54) is 4.90 Å². The Labute approximate surface area is 217 Å². The SMILES string of the molecule is CCCOc1ccc([C@@H]2[C@H]3C(=O)N(c4ccc(CC)cc4)C(=O)[C@@H]3ON2c2ccccc2)cc1OCC. The molecule has 3 aromatic rings. The lowest BCUT2D eigenvalue weighted by molar-refractivity contribution is -0.126. The number of nitrogens with zero attached hydrogens (tertiary/aromatic N) is 2. The fourth-order valence-electron chi connectivity index (χ4n) is 5.00. The van der Waals surface area contributed by atoms with E-state index in [4.69, 9.17) is 14.3 Å². The molecule has 0 radical (unpaired) electrons. The number of rotatable bonds is 9. The molecule has 0 spiro atoms. The van der Waals surface area contributed by atoms with Gasteiger partial charge in [-0.2, -0.15) is 0 Å². The van der Waals surface area contributed by atoms with Crippen molar-refractivity contribution in [2.75, 3.05) is 23.2 Å². The molecule has 0 unspecified atom stereocenters. The number of fused-ring (bicyclic) bond motifs is 1. The number of anilines is 2. The molecule has 7 nitrogen and oxygen atoms in total. The molecule has 2 saturated heterocycles. The normalized spacial score (nSPS) is 20.9. The molecule has 3 aromatic carbocycles. The van der Waals surface area contributed by atoms with Gasteiger partial charge in [-0.25, -0.2) is 9.96 Å². The lowest BCUT2D eigenvalue weighted by Crippen LogP contribution is -2.37. The van der Waals surface area contributed by atoms with Crippen molar-refractivity contribution in [1.82, 2.24) is 0 Å². The monoisotopic (exact) mass is 500 g/mol. The van der Waals surface area contributed by atoms with Gasteiger partial charge < -0.3 is 9.47 Å². The highest BCUT2D eigenvalue weighted by Crippen LogP contribution is 2.48. The van der Waals surface area contributed by atoms with Crippen molar-refractivity contribution < 1.29 is 23.9 Å². The van der Waals surface area contributed by atoms with Gasteiger partial charge in [0.15, 0.2) is 17.6 Å². The maximum absolute atomic E-state index is 13.9. The van der Waals surface area contributed by atoms with Crippen LogP contribution in [0, 0.1) is 5.92 Å². The Bertz CT molecular complexity index is 1260. The summed E-state index contributed by atoms with van der Waals surface area (Å²) in [6, 6.07) is 22.3. The number of carbonyl (C=O) groups excluding carboxylic acids is 2. The maximum atomic E-state index is 13.9. The third-order valence-corrected chi connectivity index (χ3v) is 6.80. The standard InChI is InChI=1S/C30H32N2O5/c1-4-18-36-24-17-14-21(19-25(24)35-6-3)27-26-28(37-32(27)23-10-8-7-9-11-23)30(34)31(29(26)33)22-15-12-20(5-2)13-16-22/h7-17,19,26-28H,4-6,18H2,1-3H3/t26-,27-,28-/m1/s1. The summed E-state index contributed by atoms with van der Waals surface area (Å²) in [5.41, 5.74) is 3.29. The van der Waals surface area contributed by atoms with Crippen LogP contribution in [0.4, 0.5) is 11.4 Å². The molecule has 192 valence electrons. The number of hydroxylamine groups is 1. The molecule has 0 N–H and O–H groups in total. The number of aryl methyl sites for hydroxylation is 1. The van der Waals surface area contributed by atoms with Crippen LogP contribution in [0.5, 0.6) is 11.5 Å².